The fourth-order valence-corrected chi connectivity index (χ4v) is 4.82. The fraction of sp³-hybridized carbons (Fsp3) is 0.381. The number of hydrogen-bond donors (Lipinski definition) is 2. The zero-order chi connectivity index (χ0) is 23.2. The Labute approximate surface area is 198 Å². The fourth-order valence-electron chi connectivity index (χ4n) is 4.00. The summed E-state index contributed by atoms with van der Waals surface area (Å²) in [6.07, 6.45) is -3.65. The molecule has 1 atom stereocenters. The molecule has 0 saturated carbocycles. The van der Waals surface area contributed by atoms with E-state index in [4.69, 9.17) is 40.5 Å². The van der Waals surface area contributed by atoms with E-state index in [1.165, 1.54) is 0 Å². The van der Waals surface area contributed by atoms with Crippen molar-refractivity contribution < 1.29 is 13.2 Å². The number of aromatic nitrogens is 2. The summed E-state index contributed by atoms with van der Waals surface area (Å²) < 4.78 is 41.6. The van der Waals surface area contributed by atoms with Crippen molar-refractivity contribution in [3.8, 4) is 0 Å². The van der Waals surface area contributed by atoms with Gasteiger partial charge in [0.05, 0.1) is 43.4 Å². The van der Waals surface area contributed by atoms with Crippen LogP contribution in [0.4, 0.5) is 30.5 Å². The quantitative estimate of drug-likeness (QED) is 0.423. The lowest BCUT2D eigenvalue weighted by molar-refractivity contribution is -0.175. The van der Waals surface area contributed by atoms with Crippen molar-refractivity contribution in [3.05, 3.63) is 44.9 Å². The summed E-state index contributed by atoms with van der Waals surface area (Å²) >= 11 is 19.2. The molecule has 5 nitrogen and oxygen atoms in total. The van der Waals surface area contributed by atoms with E-state index in [1.807, 2.05) is 0 Å². The summed E-state index contributed by atoms with van der Waals surface area (Å²) in [7, 11) is 1.79. The Morgan fingerprint density at radius 2 is 1.94 bits per heavy atom. The molecule has 4 rings (SSSR count). The van der Waals surface area contributed by atoms with Gasteiger partial charge in [-0.05, 0) is 36.6 Å². The maximum absolute atomic E-state index is 13.3. The number of halogens is 6. The normalized spacial score (nSPS) is 17.2. The maximum atomic E-state index is 13.3. The SMILES string of the molecule is Cn1c(Nc2c(Cl)ccc(CN)c2Cl)nc2cc(Cl)c(N3CCC[C@H](C(F)(F)F)C3)cc21. The van der Waals surface area contributed by atoms with Crippen LogP contribution in [0.3, 0.4) is 0 Å². The molecule has 1 saturated heterocycles. The van der Waals surface area contributed by atoms with Crippen molar-refractivity contribution in [1.29, 1.82) is 0 Å². The van der Waals surface area contributed by atoms with Crippen LogP contribution in [0.5, 0.6) is 0 Å². The van der Waals surface area contributed by atoms with Crippen molar-refractivity contribution in [2.75, 3.05) is 23.3 Å². The molecule has 0 unspecified atom stereocenters. The van der Waals surface area contributed by atoms with Crippen LogP contribution < -0.4 is 16.0 Å². The van der Waals surface area contributed by atoms with Crippen LogP contribution in [0.15, 0.2) is 24.3 Å². The largest absolute Gasteiger partial charge is 0.393 e. The summed E-state index contributed by atoms with van der Waals surface area (Å²) in [6, 6.07) is 6.88. The van der Waals surface area contributed by atoms with Gasteiger partial charge in [0.2, 0.25) is 5.95 Å². The van der Waals surface area contributed by atoms with Crippen LogP contribution in [0, 0.1) is 5.92 Å². The van der Waals surface area contributed by atoms with Crippen molar-refractivity contribution in [2.45, 2.75) is 25.6 Å². The molecule has 0 bridgehead atoms. The van der Waals surface area contributed by atoms with E-state index in [-0.39, 0.29) is 19.5 Å². The molecule has 1 fully saturated rings. The van der Waals surface area contributed by atoms with E-state index in [9.17, 15) is 13.2 Å². The molecule has 3 N–H and O–H groups in total. The molecule has 1 aromatic heterocycles. The lowest BCUT2D eigenvalue weighted by Crippen LogP contribution is -2.41. The molecular formula is C21H21Cl3F3N5. The number of anilines is 3. The van der Waals surface area contributed by atoms with Gasteiger partial charge in [0.25, 0.3) is 0 Å². The first-order valence-corrected chi connectivity index (χ1v) is 11.1. The number of nitrogens with zero attached hydrogens (tertiary/aromatic N) is 3. The first-order valence-electron chi connectivity index (χ1n) is 10.0. The average molecular weight is 507 g/mol. The van der Waals surface area contributed by atoms with Gasteiger partial charge in [0, 0.05) is 26.7 Å². The third-order valence-corrected chi connectivity index (χ3v) is 6.85. The van der Waals surface area contributed by atoms with E-state index >= 15 is 0 Å². The number of benzene rings is 2. The summed E-state index contributed by atoms with van der Waals surface area (Å²) in [5, 5.41) is 4.31. The highest BCUT2D eigenvalue weighted by atomic mass is 35.5. The number of imidazole rings is 1. The topological polar surface area (TPSA) is 59.1 Å². The third-order valence-electron chi connectivity index (χ3n) is 5.80. The number of piperidine rings is 1. The Balaban J connectivity index is 1.70. The summed E-state index contributed by atoms with van der Waals surface area (Å²) in [5.41, 5.74) is 8.80. The van der Waals surface area contributed by atoms with Crippen LogP contribution in [0.1, 0.15) is 18.4 Å². The second-order valence-corrected chi connectivity index (χ2v) is 9.03. The Morgan fingerprint density at radius 1 is 1.19 bits per heavy atom. The van der Waals surface area contributed by atoms with E-state index in [2.05, 4.69) is 10.3 Å². The first kappa shape index (κ1) is 23.3. The number of alkyl halides is 3. The van der Waals surface area contributed by atoms with Crippen molar-refractivity contribution >= 4 is 63.2 Å². The minimum Gasteiger partial charge on any atom is -0.370 e. The van der Waals surface area contributed by atoms with Gasteiger partial charge in [-0.25, -0.2) is 4.98 Å². The van der Waals surface area contributed by atoms with E-state index < -0.39 is 12.1 Å². The van der Waals surface area contributed by atoms with Crippen LogP contribution in [-0.2, 0) is 13.6 Å². The summed E-state index contributed by atoms with van der Waals surface area (Å²) in [4.78, 5) is 6.26. The zero-order valence-electron chi connectivity index (χ0n) is 17.1. The molecule has 1 aliphatic rings. The molecule has 0 aliphatic carbocycles. The van der Waals surface area contributed by atoms with Crippen LogP contribution in [-0.4, -0.2) is 28.8 Å². The molecule has 0 radical (unpaired) electrons. The second kappa shape index (κ2) is 8.82. The van der Waals surface area contributed by atoms with Gasteiger partial charge in [-0.3, -0.25) is 0 Å². The van der Waals surface area contributed by atoms with Gasteiger partial charge in [-0.1, -0.05) is 40.9 Å². The number of nitrogens with one attached hydrogen (secondary N) is 1. The second-order valence-electron chi connectivity index (χ2n) is 7.84. The third kappa shape index (κ3) is 4.33. The highest BCUT2D eigenvalue weighted by Crippen LogP contribution is 2.40. The van der Waals surface area contributed by atoms with E-state index in [0.717, 1.165) is 5.56 Å². The maximum Gasteiger partial charge on any atom is 0.393 e. The molecule has 32 heavy (non-hydrogen) atoms. The Morgan fingerprint density at radius 3 is 2.62 bits per heavy atom. The van der Waals surface area contributed by atoms with Crippen LogP contribution in [0.25, 0.3) is 11.0 Å². The Kier molecular flexibility index (Phi) is 6.42. The van der Waals surface area contributed by atoms with Gasteiger partial charge in [-0.2, -0.15) is 13.2 Å². The van der Waals surface area contributed by atoms with Gasteiger partial charge in [0.1, 0.15) is 0 Å². The number of aryl methyl sites for hydroxylation is 1. The molecule has 2 aromatic carbocycles. The molecule has 172 valence electrons. The predicted octanol–water partition coefficient (Wildman–Crippen LogP) is 6.51. The number of fused-ring (bicyclic) bond motifs is 1. The van der Waals surface area contributed by atoms with Crippen LogP contribution in [0.2, 0.25) is 15.1 Å². The average Bonchev–Trinajstić information content (AvgIpc) is 3.04. The minimum absolute atomic E-state index is 0.116. The highest BCUT2D eigenvalue weighted by molar-refractivity contribution is 6.39. The number of nitrogens with two attached hydrogens (primary N) is 1. The summed E-state index contributed by atoms with van der Waals surface area (Å²) in [6.45, 7) is 0.646. The number of hydrogen-bond acceptors (Lipinski definition) is 4. The summed E-state index contributed by atoms with van der Waals surface area (Å²) in [5.74, 6) is -0.913. The van der Waals surface area contributed by atoms with Crippen molar-refractivity contribution in [2.24, 2.45) is 18.7 Å². The molecular weight excluding hydrogens is 486 g/mol. The predicted molar refractivity (Wildman–Crippen MR) is 124 cm³/mol. The monoisotopic (exact) mass is 505 g/mol. The molecule has 1 aliphatic heterocycles. The molecule has 0 amide bonds. The Bertz CT molecular complexity index is 1160. The van der Waals surface area contributed by atoms with Crippen molar-refractivity contribution in [1.82, 2.24) is 9.55 Å². The van der Waals surface area contributed by atoms with Gasteiger partial charge < -0.3 is 20.5 Å². The molecule has 0 spiro atoms. The van der Waals surface area contributed by atoms with Crippen LogP contribution >= 0.6 is 34.8 Å². The molecule has 2 heterocycles. The molecule has 3 aromatic rings. The Hall–Kier alpha value is -1.87. The molecule has 11 heteroatoms. The lowest BCUT2D eigenvalue weighted by Gasteiger charge is -2.35. The van der Waals surface area contributed by atoms with Gasteiger partial charge in [0.15, 0.2) is 0 Å². The lowest BCUT2D eigenvalue weighted by atomic mass is 9.97. The highest BCUT2D eigenvalue weighted by Gasteiger charge is 2.42. The number of rotatable bonds is 4. The van der Waals surface area contributed by atoms with E-state index in [0.29, 0.717) is 56.4 Å². The standard InChI is InChI=1S/C21H21Cl3F3N5/c1-31-17-8-16(32-6-2-3-12(10-32)21(25,26)27)14(23)7-15(17)29-20(31)30-19-13(22)5-4-11(9-28)18(19)24/h4-5,7-8,12H,2-3,6,9-10,28H2,1H3,(H,29,30)/t12-/m0/s1. The minimum atomic E-state index is -4.23. The van der Waals surface area contributed by atoms with E-state index in [1.54, 1.807) is 40.8 Å². The van der Waals surface area contributed by atoms with Gasteiger partial charge in [-0.15, -0.1) is 0 Å². The van der Waals surface area contributed by atoms with Gasteiger partial charge >= 0.3 is 6.18 Å². The van der Waals surface area contributed by atoms with Crippen molar-refractivity contribution in [3.63, 3.8) is 0 Å². The zero-order valence-corrected chi connectivity index (χ0v) is 19.4. The first-order chi connectivity index (χ1) is 15.1. The smallest absolute Gasteiger partial charge is 0.370 e.